The minimum Gasteiger partial charge on any atom is -0.493 e. The first-order chi connectivity index (χ1) is 12.0. The standard InChI is InChI=1S/C18H18N2O3S2/c1-11-8-9-12(2)19(11)20-17(21)15(25-18(20)24)10-13-6-5-7-14(22-3)16(13)23-4/h5-10H,1-4H3/b15-10+. The van der Waals surface area contributed by atoms with Crippen LogP contribution in [-0.2, 0) is 4.79 Å². The van der Waals surface area contributed by atoms with E-state index in [1.807, 2.05) is 48.9 Å². The topological polar surface area (TPSA) is 43.7 Å². The molecule has 5 nitrogen and oxygen atoms in total. The second kappa shape index (κ2) is 6.93. The average Bonchev–Trinajstić information content (AvgIpc) is 3.06. The van der Waals surface area contributed by atoms with Gasteiger partial charge >= 0.3 is 0 Å². The SMILES string of the molecule is COc1cccc(/C=C2/SC(=S)N(n3c(C)ccc3C)C2=O)c1OC. The molecule has 130 valence electrons. The van der Waals surface area contributed by atoms with E-state index >= 15 is 0 Å². The first-order valence-electron chi connectivity index (χ1n) is 7.62. The summed E-state index contributed by atoms with van der Waals surface area (Å²) >= 11 is 6.72. The summed E-state index contributed by atoms with van der Waals surface area (Å²) in [7, 11) is 3.16. The van der Waals surface area contributed by atoms with Crippen molar-refractivity contribution in [1.82, 2.24) is 4.68 Å². The van der Waals surface area contributed by atoms with E-state index in [9.17, 15) is 4.79 Å². The van der Waals surface area contributed by atoms with Gasteiger partial charge in [-0.2, -0.15) is 5.01 Å². The lowest BCUT2D eigenvalue weighted by molar-refractivity contribution is -0.114. The molecule has 1 aliphatic rings. The summed E-state index contributed by atoms with van der Waals surface area (Å²) in [4.78, 5) is 13.5. The molecule has 0 N–H and O–H groups in total. The number of ether oxygens (including phenoxy) is 2. The van der Waals surface area contributed by atoms with Crippen LogP contribution in [0.5, 0.6) is 11.5 Å². The maximum atomic E-state index is 12.9. The summed E-state index contributed by atoms with van der Waals surface area (Å²) in [6, 6.07) is 9.47. The van der Waals surface area contributed by atoms with E-state index in [0.29, 0.717) is 20.7 Å². The predicted octanol–water partition coefficient (Wildman–Crippen LogP) is 3.66. The number of rotatable bonds is 4. The Balaban J connectivity index is 2.02. The van der Waals surface area contributed by atoms with Gasteiger partial charge in [0, 0.05) is 17.0 Å². The van der Waals surface area contributed by atoms with Crippen molar-refractivity contribution < 1.29 is 14.3 Å². The molecule has 0 saturated carbocycles. The lowest BCUT2D eigenvalue weighted by Gasteiger charge is -2.20. The number of methoxy groups -OCH3 is 2. The normalized spacial score (nSPS) is 16.0. The smallest absolute Gasteiger partial charge is 0.285 e. The summed E-state index contributed by atoms with van der Waals surface area (Å²) in [5.74, 6) is 1.05. The number of carbonyl (C=O) groups excluding carboxylic acids is 1. The van der Waals surface area contributed by atoms with Crippen LogP contribution in [0.3, 0.4) is 0 Å². The van der Waals surface area contributed by atoms with Crippen LogP contribution in [0.4, 0.5) is 0 Å². The highest BCUT2D eigenvalue weighted by atomic mass is 32.2. The van der Waals surface area contributed by atoms with Crippen molar-refractivity contribution in [1.29, 1.82) is 0 Å². The number of hydrogen-bond acceptors (Lipinski definition) is 5. The van der Waals surface area contributed by atoms with Crippen molar-refractivity contribution in [3.63, 3.8) is 0 Å². The molecular formula is C18H18N2O3S2. The quantitative estimate of drug-likeness (QED) is 0.604. The molecule has 0 bridgehead atoms. The highest BCUT2D eigenvalue weighted by Gasteiger charge is 2.35. The zero-order valence-electron chi connectivity index (χ0n) is 14.4. The van der Waals surface area contributed by atoms with Crippen LogP contribution in [0.2, 0.25) is 0 Å². The summed E-state index contributed by atoms with van der Waals surface area (Å²) in [6.07, 6.45) is 1.79. The summed E-state index contributed by atoms with van der Waals surface area (Å²) in [5, 5.41) is 1.53. The van der Waals surface area contributed by atoms with E-state index in [2.05, 4.69) is 0 Å². The largest absolute Gasteiger partial charge is 0.493 e. The Morgan fingerprint density at radius 2 is 1.76 bits per heavy atom. The number of benzene rings is 1. The molecule has 3 rings (SSSR count). The van der Waals surface area contributed by atoms with Crippen LogP contribution in [0.25, 0.3) is 6.08 Å². The summed E-state index contributed by atoms with van der Waals surface area (Å²) in [5.41, 5.74) is 2.67. The van der Waals surface area contributed by atoms with Crippen molar-refractivity contribution in [2.24, 2.45) is 0 Å². The van der Waals surface area contributed by atoms with Gasteiger partial charge in [0.15, 0.2) is 15.8 Å². The minimum atomic E-state index is -0.151. The van der Waals surface area contributed by atoms with Crippen LogP contribution in [-0.4, -0.2) is 29.1 Å². The van der Waals surface area contributed by atoms with Crippen molar-refractivity contribution >= 4 is 40.3 Å². The van der Waals surface area contributed by atoms with Crippen LogP contribution in [0.1, 0.15) is 17.0 Å². The Morgan fingerprint density at radius 3 is 2.36 bits per heavy atom. The molecule has 0 atom stereocenters. The number of aromatic nitrogens is 1. The van der Waals surface area contributed by atoms with E-state index < -0.39 is 0 Å². The zero-order valence-corrected chi connectivity index (χ0v) is 16.0. The molecule has 1 aromatic heterocycles. The van der Waals surface area contributed by atoms with Gasteiger partial charge in [-0.15, -0.1) is 0 Å². The molecule has 1 amide bonds. The Bertz CT molecular complexity index is 867. The number of amides is 1. The van der Waals surface area contributed by atoms with E-state index in [1.54, 1.807) is 20.3 Å². The van der Waals surface area contributed by atoms with Gasteiger partial charge in [-0.05, 0) is 50.3 Å². The lowest BCUT2D eigenvalue weighted by Crippen LogP contribution is -2.39. The van der Waals surface area contributed by atoms with Gasteiger partial charge in [-0.1, -0.05) is 23.9 Å². The average molecular weight is 374 g/mol. The zero-order chi connectivity index (χ0) is 18.1. The van der Waals surface area contributed by atoms with E-state index in [1.165, 1.54) is 16.8 Å². The highest BCUT2D eigenvalue weighted by molar-refractivity contribution is 8.27. The van der Waals surface area contributed by atoms with Crippen molar-refractivity contribution in [2.45, 2.75) is 13.8 Å². The monoisotopic (exact) mass is 374 g/mol. The molecule has 0 radical (unpaired) electrons. The Labute approximate surface area is 156 Å². The second-order valence-corrected chi connectivity index (χ2v) is 7.18. The number of thioether (sulfide) groups is 1. The van der Waals surface area contributed by atoms with E-state index in [4.69, 9.17) is 21.7 Å². The Morgan fingerprint density at radius 1 is 1.08 bits per heavy atom. The summed E-state index contributed by atoms with van der Waals surface area (Å²) in [6.45, 7) is 3.89. The van der Waals surface area contributed by atoms with Gasteiger partial charge in [0.2, 0.25) is 0 Å². The van der Waals surface area contributed by atoms with E-state index in [-0.39, 0.29) is 5.91 Å². The minimum absolute atomic E-state index is 0.151. The number of nitrogens with zero attached hydrogens (tertiary/aromatic N) is 2. The van der Waals surface area contributed by atoms with Crippen LogP contribution >= 0.6 is 24.0 Å². The third-order valence-corrected chi connectivity index (χ3v) is 5.21. The first-order valence-corrected chi connectivity index (χ1v) is 8.84. The van der Waals surface area contributed by atoms with Crippen molar-refractivity contribution in [3.8, 4) is 11.5 Å². The molecule has 1 aromatic carbocycles. The number of thiocarbonyl (C=S) groups is 1. The van der Waals surface area contributed by atoms with Gasteiger partial charge in [-0.25, -0.2) is 0 Å². The fourth-order valence-corrected chi connectivity index (χ4v) is 4.01. The molecule has 0 spiro atoms. The Hall–Kier alpha value is -2.25. The number of carbonyl (C=O) groups is 1. The van der Waals surface area contributed by atoms with Crippen LogP contribution in [0.15, 0.2) is 35.2 Å². The van der Waals surface area contributed by atoms with Crippen molar-refractivity contribution in [2.75, 3.05) is 19.2 Å². The Kier molecular flexibility index (Phi) is 4.87. The number of hydrogen-bond donors (Lipinski definition) is 0. The first kappa shape index (κ1) is 17.6. The highest BCUT2D eigenvalue weighted by Crippen LogP contribution is 2.37. The van der Waals surface area contributed by atoms with Gasteiger partial charge in [0.25, 0.3) is 5.91 Å². The molecule has 2 aromatic rings. The third kappa shape index (κ3) is 3.05. The van der Waals surface area contributed by atoms with Gasteiger partial charge in [0.05, 0.1) is 19.1 Å². The fraction of sp³-hybridized carbons (Fsp3) is 0.222. The molecule has 2 heterocycles. The molecule has 7 heteroatoms. The molecular weight excluding hydrogens is 356 g/mol. The summed E-state index contributed by atoms with van der Waals surface area (Å²) < 4.78 is 13.1. The predicted molar refractivity (Wildman–Crippen MR) is 105 cm³/mol. The number of aryl methyl sites for hydroxylation is 2. The molecule has 1 saturated heterocycles. The van der Waals surface area contributed by atoms with Gasteiger partial charge in [0.1, 0.15) is 0 Å². The van der Waals surface area contributed by atoms with Crippen LogP contribution in [0, 0.1) is 13.8 Å². The maximum Gasteiger partial charge on any atom is 0.285 e. The van der Waals surface area contributed by atoms with Gasteiger partial charge < -0.3 is 9.47 Å². The molecule has 0 unspecified atom stereocenters. The second-order valence-electron chi connectivity index (χ2n) is 5.50. The van der Waals surface area contributed by atoms with Gasteiger partial charge in [-0.3, -0.25) is 9.47 Å². The van der Waals surface area contributed by atoms with Crippen molar-refractivity contribution in [3.05, 3.63) is 52.2 Å². The molecule has 25 heavy (non-hydrogen) atoms. The van der Waals surface area contributed by atoms with E-state index in [0.717, 1.165) is 17.0 Å². The maximum absolute atomic E-state index is 12.9. The fourth-order valence-electron chi connectivity index (χ4n) is 2.77. The van der Waals surface area contributed by atoms with Crippen LogP contribution < -0.4 is 14.5 Å². The number of para-hydroxylation sites is 1. The molecule has 1 fully saturated rings. The third-order valence-electron chi connectivity index (χ3n) is 3.93. The molecule has 1 aliphatic heterocycles. The lowest BCUT2D eigenvalue weighted by atomic mass is 10.1. The molecule has 0 aliphatic carbocycles.